The minimum atomic E-state index is 0. The molecule has 5 heteroatoms. The molecule has 0 saturated carbocycles. The maximum absolute atomic E-state index is 0. The van der Waals surface area contributed by atoms with Crippen LogP contribution in [0.2, 0.25) is 0 Å². The Labute approximate surface area is 93.0 Å². The average molecular weight is 266 g/mol. The molecule has 0 spiro atoms. The van der Waals surface area contributed by atoms with Gasteiger partial charge < -0.3 is 0 Å². The maximum atomic E-state index is 0. The van der Waals surface area contributed by atoms with Gasteiger partial charge >= 0.3 is 0 Å². The van der Waals surface area contributed by atoms with Gasteiger partial charge in [0.2, 0.25) is 0 Å². The van der Waals surface area contributed by atoms with E-state index >= 15 is 0 Å². The second-order valence-corrected chi connectivity index (χ2v) is 0. The molecule has 10 radical (unpaired) electrons. The smallest absolute Gasteiger partial charge is 0 e. The quantitative estimate of drug-likeness (QED) is 0.486. The van der Waals surface area contributed by atoms with Crippen molar-refractivity contribution in [3.63, 3.8) is 0 Å². The third kappa shape index (κ3) is 20.4. The van der Waals surface area contributed by atoms with E-state index in [4.69, 9.17) is 0 Å². The predicted molar refractivity (Wildman–Crippen MR) is 17.3 cm³/mol. The van der Waals surface area contributed by atoms with Crippen molar-refractivity contribution in [2.45, 2.75) is 0 Å². The van der Waals surface area contributed by atoms with Gasteiger partial charge in [-0.1, -0.05) is 0 Å². The van der Waals surface area contributed by atoms with Crippen LogP contribution in [0.1, 0.15) is 0 Å². The number of rotatable bonds is 0. The first-order valence-electron chi connectivity index (χ1n) is 0. The van der Waals surface area contributed by atoms with E-state index < -0.39 is 0 Å². The Morgan fingerprint density at radius 2 is 1.00 bits per heavy atom. The van der Waals surface area contributed by atoms with E-state index in [1.807, 2.05) is 0 Å². The molecule has 0 bridgehead atoms. The van der Waals surface area contributed by atoms with E-state index in [2.05, 4.69) is 0 Å². The molecule has 22 valence electrons. The average Bonchev–Trinajstić information content (AvgIpc) is 0. The van der Waals surface area contributed by atoms with Crippen LogP contribution in [-0.4, -0.2) is 36.7 Å². The SMILES string of the molecule is [Al].[B].[Fe].[Nd].[Si]. The summed E-state index contributed by atoms with van der Waals surface area (Å²) in [4.78, 5) is 0. The van der Waals surface area contributed by atoms with Gasteiger partial charge in [-0.15, -0.1) is 0 Å². The fourth-order valence-electron chi connectivity index (χ4n) is 0. The van der Waals surface area contributed by atoms with Gasteiger partial charge in [-0.25, -0.2) is 0 Å². The summed E-state index contributed by atoms with van der Waals surface area (Å²) in [5.41, 5.74) is 0. The van der Waals surface area contributed by atoms with Gasteiger partial charge in [0.25, 0.3) is 0 Å². The van der Waals surface area contributed by atoms with Gasteiger partial charge in [-0.3, -0.25) is 0 Å². The van der Waals surface area contributed by atoms with Crippen LogP contribution in [0.25, 0.3) is 0 Å². The Bertz CT molecular complexity index is 11.6. The summed E-state index contributed by atoms with van der Waals surface area (Å²) < 4.78 is 0. The molecule has 0 aromatic carbocycles. The van der Waals surface area contributed by atoms with Crippen molar-refractivity contribution < 1.29 is 57.9 Å². The Morgan fingerprint density at radius 1 is 1.00 bits per heavy atom. The summed E-state index contributed by atoms with van der Waals surface area (Å²) in [7, 11) is 0. The first-order valence-corrected chi connectivity index (χ1v) is 0. The Kier molecular flexibility index (Phi) is 286. The van der Waals surface area contributed by atoms with E-state index in [-0.39, 0.29) is 94.6 Å². The molecule has 0 nitrogen and oxygen atoms in total. The second kappa shape index (κ2) is 30.0. The Morgan fingerprint density at radius 3 is 1.00 bits per heavy atom. The molecule has 0 atom stereocenters. The monoisotopic (exact) mass is 264 g/mol. The summed E-state index contributed by atoms with van der Waals surface area (Å²) in [6.45, 7) is 0. The van der Waals surface area contributed by atoms with Crippen LogP contribution in [0, 0.1) is 40.8 Å². The predicted octanol–water partition coefficient (Wildman–Crippen LogP) is -1.14. The standard InChI is InChI=1S/Al.B.Fe.Nd.Si. The van der Waals surface area contributed by atoms with Crippen molar-refractivity contribution in [2.24, 2.45) is 0 Å². The maximum Gasteiger partial charge on any atom is 0 e. The van der Waals surface area contributed by atoms with Crippen LogP contribution < -0.4 is 0 Å². The summed E-state index contributed by atoms with van der Waals surface area (Å²) >= 11 is 0. The topological polar surface area (TPSA) is 0 Å². The molecular weight excluding hydrogens is 266 g/mol. The van der Waals surface area contributed by atoms with Crippen molar-refractivity contribution in [3.05, 3.63) is 0 Å². The van der Waals surface area contributed by atoms with Gasteiger partial charge in [0.1, 0.15) is 0 Å². The van der Waals surface area contributed by atoms with Gasteiger partial charge in [-0.05, 0) is 0 Å². The minimum Gasteiger partial charge on any atom is 0 e. The van der Waals surface area contributed by atoms with E-state index in [1.54, 1.807) is 0 Å². The van der Waals surface area contributed by atoms with Crippen molar-refractivity contribution in [3.8, 4) is 0 Å². The zero-order valence-electron chi connectivity index (χ0n) is 2.51. The largest absolute Gasteiger partial charge is 0 e. The van der Waals surface area contributed by atoms with Crippen LogP contribution >= 0.6 is 0 Å². The Balaban J connectivity index is 0. The van der Waals surface area contributed by atoms with Gasteiger partial charge in [0, 0.05) is 94.6 Å². The third-order valence-electron chi connectivity index (χ3n) is 0. The van der Waals surface area contributed by atoms with E-state index in [0.717, 1.165) is 0 Å². The van der Waals surface area contributed by atoms with Crippen molar-refractivity contribution in [1.82, 2.24) is 0 Å². The summed E-state index contributed by atoms with van der Waals surface area (Å²) in [5, 5.41) is 0. The molecule has 5 heavy (non-hydrogen) atoms. The van der Waals surface area contributed by atoms with Crippen LogP contribution in [0.4, 0.5) is 0 Å². The summed E-state index contributed by atoms with van der Waals surface area (Å²) in [6.07, 6.45) is 0. The van der Waals surface area contributed by atoms with Crippen molar-refractivity contribution in [2.75, 3.05) is 0 Å². The third-order valence-corrected chi connectivity index (χ3v) is 0. The molecule has 0 aromatic rings. The molecule has 0 heterocycles. The van der Waals surface area contributed by atoms with E-state index in [1.165, 1.54) is 0 Å². The molecule has 0 aliphatic rings. The zero-order valence-corrected chi connectivity index (χ0v) is 8.98. The van der Waals surface area contributed by atoms with Crippen molar-refractivity contribution >= 4 is 36.7 Å². The van der Waals surface area contributed by atoms with Gasteiger partial charge in [0.05, 0.1) is 0 Å². The van der Waals surface area contributed by atoms with Crippen LogP contribution in [0.15, 0.2) is 0 Å². The first kappa shape index (κ1) is 47.6. The molecule has 0 rings (SSSR count). The molecule has 0 aliphatic heterocycles. The van der Waals surface area contributed by atoms with Crippen molar-refractivity contribution in [1.29, 1.82) is 0 Å². The first-order chi connectivity index (χ1) is 0. The molecule has 0 unspecified atom stereocenters. The van der Waals surface area contributed by atoms with Crippen LogP contribution in [-0.2, 0) is 17.1 Å². The van der Waals surface area contributed by atoms with E-state index in [0.29, 0.717) is 0 Å². The molecular formula is AlBFeNdSi. The van der Waals surface area contributed by atoms with Gasteiger partial charge in [-0.2, -0.15) is 0 Å². The molecule has 0 aromatic heterocycles. The molecule has 0 aliphatic carbocycles. The second-order valence-electron chi connectivity index (χ2n) is 0. The summed E-state index contributed by atoms with van der Waals surface area (Å²) in [6, 6.07) is 0. The van der Waals surface area contributed by atoms with Crippen LogP contribution in [0.3, 0.4) is 0 Å². The van der Waals surface area contributed by atoms with E-state index in [9.17, 15) is 0 Å². The Hall–Kier alpha value is 2.68. The number of hydrogen-bond donors (Lipinski definition) is 0. The number of hydrogen-bond acceptors (Lipinski definition) is 0. The molecule has 0 fully saturated rings. The van der Waals surface area contributed by atoms with Crippen LogP contribution in [0.5, 0.6) is 0 Å². The molecule has 0 saturated heterocycles. The normalized spacial score (nSPS) is 0. The molecule has 0 N–H and O–H groups in total. The fourth-order valence-corrected chi connectivity index (χ4v) is 0. The molecule has 0 amide bonds. The zero-order chi connectivity index (χ0) is 0. The summed E-state index contributed by atoms with van der Waals surface area (Å²) in [5.74, 6) is 0. The van der Waals surface area contributed by atoms with Gasteiger partial charge in [0.15, 0.2) is 0 Å². The fraction of sp³-hybridized carbons (Fsp3) is 0. The minimum absolute atomic E-state index is 0.